The molecule has 0 atom stereocenters. The Morgan fingerprint density at radius 2 is 2.07 bits per heavy atom. The molecule has 2 rings (SSSR count). The first kappa shape index (κ1) is 10.2. The highest BCUT2D eigenvalue weighted by Crippen LogP contribution is 2.21. The van der Waals surface area contributed by atoms with E-state index in [0.717, 1.165) is 26.1 Å². The molecular formula is C11H14FNO2. The van der Waals surface area contributed by atoms with Gasteiger partial charge in [-0.3, -0.25) is 0 Å². The van der Waals surface area contributed by atoms with E-state index >= 15 is 0 Å². The number of phenolic OH excluding ortho intramolecular Hbond substituents is 1. The van der Waals surface area contributed by atoms with Gasteiger partial charge in [0.2, 0.25) is 0 Å². The molecule has 1 saturated heterocycles. The molecule has 1 fully saturated rings. The second-order valence-corrected chi connectivity index (χ2v) is 3.70. The zero-order valence-electron chi connectivity index (χ0n) is 8.37. The number of benzene rings is 1. The highest BCUT2D eigenvalue weighted by molar-refractivity contribution is 5.47. The minimum Gasteiger partial charge on any atom is -0.505 e. The largest absolute Gasteiger partial charge is 0.505 e. The van der Waals surface area contributed by atoms with Gasteiger partial charge in [-0.25, -0.2) is 4.39 Å². The van der Waals surface area contributed by atoms with Crippen LogP contribution in [-0.4, -0.2) is 24.4 Å². The first-order valence-electron chi connectivity index (χ1n) is 5.08. The number of aromatic hydroxyl groups is 1. The number of rotatable bonds is 2. The number of hydrogen-bond donors (Lipinski definition) is 2. The minimum atomic E-state index is -0.591. The first-order chi connectivity index (χ1) is 7.25. The third kappa shape index (κ3) is 2.59. The van der Waals surface area contributed by atoms with E-state index in [0.29, 0.717) is 11.7 Å². The Kier molecular flexibility index (Phi) is 3.06. The zero-order valence-corrected chi connectivity index (χ0v) is 8.37. The Morgan fingerprint density at radius 1 is 1.33 bits per heavy atom. The fourth-order valence-electron chi connectivity index (χ4n) is 1.67. The number of ether oxygens (including phenoxy) is 1. The Balaban J connectivity index is 2.00. The lowest BCUT2D eigenvalue weighted by Gasteiger charge is -2.24. The van der Waals surface area contributed by atoms with Crippen LogP contribution in [0.1, 0.15) is 12.8 Å². The summed E-state index contributed by atoms with van der Waals surface area (Å²) < 4.78 is 18.2. The van der Waals surface area contributed by atoms with E-state index in [2.05, 4.69) is 5.32 Å². The molecule has 3 nitrogen and oxygen atoms in total. The Morgan fingerprint density at radius 3 is 2.73 bits per heavy atom. The topological polar surface area (TPSA) is 41.5 Å². The van der Waals surface area contributed by atoms with Crippen LogP contribution in [0, 0.1) is 5.82 Å². The maximum absolute atomic E-state index is 13.0. The predicted octanol–water partition coefficient (Wildman–Crippen LogP) is 2.12. The van der Waals surface area contributed by atoms with Gasteiger partial charge in [0.15, 0.2) is 11.6 Å². The number of halogens is 1. The van der Waals surface area contributed by atoms with Crippen LogP contribution < -0.4 is 5.32 Å². The van der Waals surface area contributed by atoms with Gasteiger partial charge < -0.3 is 15.2 Å². The van der Waals surface area contributed by atoms with Gasteiger partial charge in [-0.05, 0) is 25.0 Å². The van der Waals surface area contributed by atoms with Gasteiger partial charge in [-0.15, -0.1) is 0 Å². The fraction of sp³-hybridized carbons (Fsp3) is 0.455. The van der Waals surface area contributed by atoms with Crippen LogP contribution in [0.15, 0.2) is 18.2 Å². The Labute approximate surface area is 87.9 Å². The second kappa shape index (κ2) is 4.49. The van der Waals surface area contributed by atoms with Gasteiger partial charge in [0, 0.05) is 31.0 Å². The molecule has 0 bridgehead atoms. The second-order valence-electron chi connectivity index (χ2n) is 3.70. The molecule has 1 aliphatic rings. The van der Waals surface area contributed by atoms with Crippen molar-refractivity contribution < 1.29 is 14.2 Å². The summed E-state index contributed by atoms with van der Waals surface area (Å²) in [5.74, 6) is -0.903. The summed E-state index contributed by atoms with van der Waals surface area (Å²) in [4.78, 5) is 0. The molecular weight excluding hydrogens is 197 g/mol. The summed E-state index contributed by atoms with van der Waals surface area (Å²) in [5, 5.41) is 12.2. The molecule has 0 aliphatic carbocycles. The molecule has 2 N–H and O–H groups in total. The van der Waals surface area contributed by atoms with Crippen molar-refractivity contribution in [1.29, 1.82) is 0 Å². The van der Waals surface area contributed by atoms with E-state index in [1.165, 1.54) is 12.1 Å². The lowest BCUT2D eigenvalue weighted by atomic mass is 10.1. The third-order valence-electron chi connectivity index (χ3n) is 2.54. The predicted molar refractivity (Wildman–Crippen MR) is 55.5 cm³/mol. The summed E-state index contributed by atoms with van der Waals surface area (Å²) >= 11 is 0. The van der Waals surface area contributed by atoms with E-state index in [1.54, 1.807) is 6.07 Å². The van der Waals surface area contributed by atoms with Gasteiger partial charge in [-0.2, -0.15) is 0 Å². The van der Waals surface area contributed by atoms with Crippen LogP contribution in [-0.2, 0) is 4.74 Å². The van der Waals surface area contributed by atoms with Crippen molar-refractivity contribution in [2.75, 3.05) is 18.5 Å². The number of phenols is 1. The van der Waals surface area contributed by atoms with Crippen molar-refractivity contribution in [2.45, 2.75) is 18.9 Å². The molecule has 0 radical (unpaired) electrons. The summed E-state index contributed by atoms with van der Waals surface area (Å²) in [7, 11) is 0. The van der Waals surface area contributed by atoms with Gasteiger partial charge >= 0.3 is 0 Å². The van der Waals surface area contributed by atoms with E-state index in [4.69, 9.17) is 9.84 Å². The van der Waals surface area contributed by atoms with Gasteiger partial charge in [0.1, 0.15) is 0 Å². The lowest BCUT2D eigenvalue weighted by molar-refractivity contribution is 0.0904. The summed E-state index contributed by atoms with van der Waals surface area (Å²) in [6.45, 7) is 1.50. The highest BCUT2D eigenvalue weighted by atomic mass is 19.1. The molecule has 0 aromatic heterocycles. The maximum Gasteiger partial charge on any atom is 0.166 e. The molecule has 15 heavy (non-hydrogen) atoms. The smallest absolute Gasteiger partial charge is 0.166 e. The molecule has 82 valence electrons. The van der Waals surface area contributed by atoms with Crippen molar-refractivity contribution >= 4 is 5.69 Å². The van der Waals surface area contributed by atoms with Crippen LogP contribution in [0.25, 0.3) is 0 Å². The van der Waals surface area contributed by atoms with Crippen molar-refractivity contribution in [3.63, 3.8) is 0 Å². The SMILES string of the molecule is Oc1ccc(NC2CCOCC2)cc1F. The Bertz CT molecular complexity index is 337. The van der Waals surface area contributed by atoms with E-state index in [9.17, 15) is 4.39 Å². The average molecular weight is 211 g/mol. The summed E-state index contributed by atoms with van der Waals surface area (Å²) in [5.41, 5.74) is 0.706. The van der Waals surface area contributed by atoms with Gasteiger partial charge in [0.05, 0.1) is 0 Å². The fourth-order valence-corrected chi connectivity index (χ4v) is 1.67. The molecule has 0 saturated carbocycles. The van der Waals surface area contributed by atoms with Gasteiger partial charge in [-0.1, -0.05) is 0 Å². The van der Waals surface area contributed by atoms with E-state index in [-0.39, 0.29) is 5.75 Å². The number of anilines is 1. The first-order valence-corrected chi connectivity index (χ1v) is 5.08. The van der Waals surface area contributed by atoms with Crippen LogP contribution >= 0.6 is 0 Å². The molecule has 1 aliphatic heterocycles. The molecule has 0 amide bonds. The quantitative estimate of drug-likeness (QED) is 0.736. The maximum atomic E-state index is 13.0. The minimum absolute atomic E-state index is 0.312. The number of hydrogen-bond acceptors (Lipinski definition) is 3. The summed E-state index contributed by atoms with van der Waals surface area (Å²) in [6.07, 6.45) is 1.87. The molecule has 1 aromatic rings. The van der Waals surface area contributed by atoms with Gasteiger partial charge in [0.25, 0.3) is 0 Å². The van der Waals surface area contributed by atoms with Crippen LogP contribution in [0.3, 0.4) is 0 Å². The average Bonchev–Trinajstić information content (AvgIpc) is 2.25. The monoisotopic (exact) mass is 211 g/mol. The normalized spacial score (nSPS) is 17.7. The molecule has 1 heterocycles. The van der Waals surface area contributed by atoms with Crippen molar-refractivity contribution in [1.82, 2.24) is 0 Å². The molecule has 1 aromatic carbocycles. The van der Waals surface area contributed by atoms with Crippen LogP contribution in [0.5, 0.6) is 5.75 Å². The van der Waals surface area contributed by atoms with Crippen molar-refractivity contribution in [3.05, 3.63) is 24.0 Å². The van der Waals surface area contributed by atoms with Crippen molar-refractivity contribution in [3.8, 4) is 5.75 Å². The highest BCUT2D eigenvalue weighted by Gasteiger charge is 2.13. The van der Waals surface area contributed by atoms with Crippen LogP contribution in [0.2, 0.25) is 0 Å². The Hall–Kier alpha value is -1.29. The molecule has 0 unspecified atom stereocenters. The standard InChI is InChI=1S/C11H14FNO2/c12-10-7-9(1-2-11(10)14)13-8-3-5-15-6-4-8/h1-2,7-8,13-14H,3-6H2. The van der Waals surface area contributed by atoms with E-state index in [1.807, 2.05) is 0 Å². The lowest BCUT2D eigenvalue weighted by Crippen LogP contribution is -2.27. The summed E-state index contributed by atoms with van der Waals surface area (Å²) in [6, 6.07) is 4.68. The van der Waals surface area contributed by atoms with Crippen molar-refractivity contribution in [2.24, 2.45) is 0 Å². The zero-order chi connectivity index (χ0) is 10.7. The third-order valence-corrected chi connectivity index (χ3v) is 2.54. The molecule has 4 heteroatoms. The number of nitrogens with one attached hydrogen (secondary N) is 1. The van der Waals surface area contributed by atoms with Crippen LogP contribution in [0.4, 0.5) is 10.1 Å². The van der Waals surface area contributed by atoms with E-state index < -0.39 is 5.82 Å². The molecule has 0 spiro atoms.